The average Bonchev–Trinajstić information content (AvgIpc) is 3.10. The van der Waals surface area contributed by atoms with E-state index in [1.54, 1.807) is 36.4 Å². The van der Waals surface area contributed by atoms with Gasteiger partial charge < -0.3 is 14.2 Å². The molecule has 0 fully saturated rings. The van der Waals surface area contributed by atoms with Crippen LogP contribution in [0, 0.1) is 11.8 Å². The van der Waals surface area contributed by atoms with E-state index in [4.69, 9.17) is 14.2 Å². The minimum absolute atomic E-state index is 0.299. The van der Waals surface area contributed by atoms with Gasteiger partial charge in [0.2, 0.25) is 0 Å². The van der Waals surface area contributed by atoms with Crippen molar-refractivity contribution in [1.29, 1.82) is 0 Å². The normalized spacial score (nSPS) is 10.6. The van der Waals surface area contributed by atoms with Gasteiger partial charge in [-0.25, -0.2) is 9.59 Å². The molecule has 3 aromatic carbocycles. The zero-order valence-corrected chi connectivity index (χ0v) is 28.7. The Labute approximate surface area is 283 Å². The molecule has 0 radical (unpaired) electrons. The summed E-state index contributed by atoms with van der Waals surface area (Å²) in [4.78, 5) is 24.9. The second-order valence-corrected chi connectivity index (χ2v) is 12.2. The van der Waals surface area contributed by atoms with Crippen LogP contribution in [-0.2, 0) is 4.74 Å². The maximum Gasteiger partial charge on any atom is 0.343 e. The van der Waals surface area contributed by atoms with Gasteiger partial charge in [0.15, 0.2) is 0 Å². The van der Waals surface area contributed by atoms with Crippen molar-refractivity contribution in [3.63, 3.8) is 0 Å². The number of esters is 2. The number of hydrogen-bond acceptors (Lipinski definition) is 5. The third-order valence-corrected chi connectivity index (χ3v) is 8.12. The molecular formula is C42H54O5. The van der Waals surface area contributed by atoms with Gasteiger partial charge in [-0.15, -0.1) is 0 Å². The number of rotatable bonds is 22. The molecule has 0 N–H and O–H groups in total. The fourth-order valence-corrected chi connectivity index (χ4v) is 5.20. The van der Waals surface area contributed by atoms with Crippen molar-refractivity contribution >= 4 is 11.9 Å². The molecule has 0 atom stereocenters. The maximum absolute atomic E-state index is 12.7. The molecule has 0 spiro atoms. The summed E-state index contributed by atoms with van der Waals surface area (Å²) in [5, 5.41) is 0. The number of carbonyl (C=O) groups is 2. The largest absolute Gasteiger partial charge is 0.494 e. The third-order valence-electron chi connectivity index (χ3n) is 8.12. The summed E-state index contributed by atoms with van der Waals surface area (Å²) in [5.74, 6) is 6.71. The SMILES string of the molecule is CCCCCCCCCCCCOc1ccc(C(=O)Oc2ccc(C#Cc3ccc(C(=O)OCCCCCCCC)cc3)cc2)cc1. The molecule has 0 saturated carbocycles. The van der Waals surface area contributed by atoms with Crippen LogP contribution in [-0.4, -0.2) is 25.2 Å². The highest BCUT2D eigenvalue weighted by Crippen LogP contribution is 2.18. The highest BCUT2D eigenvalue weighted by atomic mass is 16.5. The number of hydrogen-bond donors (Lipinski definition) is 0. The van der Waals surface area contributed by atoms with Crippen LogP contribution in [0.4, 0.5) is 0 Å². The lowest BCUT2D eigenvalue weighted by molar-refractivity contribution is 0.0497. The summed E-state index contributed by atoms with van der Waals surface area (Å²) in [5.41, 5.74) is 2.58. The molecule has 0 bridgehead atoms. The Morgan fingerprint density at radius 1 is 0.468 bits per heavy atom. The zero-order valence-electron chi connectivity index (χ0n) is 28.7. The lowest BCUT2D eigenvalue weighted by Crippen LogP contribution is -2.08. The Hall–Kier alpha value is -4.04. The van der Waals surface area contributed by atoms with Crippen LogP contribution in [0.3, 0.4) is 0 Å². The number of ether oxygens (including phenoxy) is 3. The molecule has 5 nitrogen and oxygen atoms in total. The Morgan fingerprint density at radius 2 is 0.872 bits per heavy atom. The van der Waals surface area contributed by atoms with Gasteiger partial charge >= 0.3 is 11.9 Å². The Balaban J connectivity index is 1.33. The quantitative estimate of drug-likeness (QED) is 0.0474. The van der Waals surface area contributed by atoms with E-state index in [9.17, 15) is 9.59 Å². The van der Waals surface area contributed by atoms with Gasteiger partial charge in [-0.05, 0) is 85.6 Å². The zero-order chi connectivity index (χ0) is 33.4. The molecule has 0 unspecified atom stereocenters. The van der Waals surface area contributed by atoms with Crippen LogP contribution >= 0.6 is 0 Å². The fraction of sp³-hybridized carbons (Fsp3) is 0.476. The second-order valence-electron chi connectivity index (χ2n) is 12.2. The van der Waals surface area contributed by atoms with E-state index in [1.807, 2.05) is 36.4 Å². The highest BCUT2D eigenvalue weighted by Gasteiger charge is 2.09. The monoisotopic (exact) mass is 638 g/mol. The second kappa shape index (κ2) is 23.3. The fourth-order valence-electron chi connectivity index (χ4n) is 5.20. The van der Waals surface area contributed by atoms with Crippen LogP contribution in [0.15, 0.2) is 72.8 Å². The van der Waals surface area contributed by atoms with Crippen molar-refractivity contribution in [2.75, 3.05) is 13.2 Å². The molecule has 5 heteroatoms. The van der Waals surface area contributed by atoms with E-state index in [1.165, 1.54) is 83.5 Å². The predicted octanol–water partition coefficient (Wildman–Crippen LogP) is 11.1. The first kappa shape index (κ1) is 37.4. The summed E-state index contributed by atoms with van der Waals surface area (Å²) in [6.45, 7) is 5.60. The van der Waals surface area contributed by atoms with Crippen LogP contribution < -0.4 is 9.47 Å². The van der Waals surface area contributed by atoms with Gasteiger partial charge in [-0.1, -0.05) is 116 Å². The van der Waals surface area contributed by atoms with Gasteiger partial charge in [0.05, 0.1) is 24.3 Å². The third kappa shape index (κ3) is 15.9. The van der Waals surface area contributed by atoms with E-state index >= 15 is 0 Å². The lowest BCUT2D eigenvalue weighted by Gasteiger charge is -2.08. The predicted molar refractivity (Wildman–Crippen MR) is 191 cm³/mol. The minimum atomic E-state index is -0.421. The van der Waals surface area contributed by atoms with E-state index in [0.717, 1.165) is 36.1 Å². The number of carbonyl (C=O) groups excluding carboxylic acids is 2. The van der Waals surface area contributed by atoms with Gasteiger partial charge in [0, 0.05) is 11.1 Å². The minimum Gasteiger partial charge on any atom is -0.494 e. The lowest BCUT2D eigenvalue weighted by atomic mass is 10.1. The molecule has 0 amide bonds. The van der Waals surface area contributed by atoms with E-state index in [-0.39, 0.29) is 5.97 Å². The molecule has 3 rings (SSSR count). The van der Waals surface area contributed by atoms with Crippen molar-refractivity contribution in [2.45, 2.75) is 117 Å². The first-order chi connectivity index (χ1) is 23.1. The van der Waals surface area contributed by atoms with Crippen molar-refractivity contribution in [3.8, 4) is 23.3 Å². The molecule has 47 heavy (non-hydrogen) atoms. The smallest absolute Gasteiger partial charge is 0.343 e. The molecule has 0 saturated heterocycles. The summed E-state index contributed by atoms with van der Waals surface area (Å²) in [6.07, 6.45) is 19.9. The van der Waals surface area contributed by atoms with Crippen molar-refractivity contribution in [2.24, 2.45) is 0 Å². The average molecular weight is 639 g/mol. The molecule has 0 aliphatic rings. The van der Waals surface area contributed by atoms with Crippen LogP contribution in [0.2, 0.25) is 0 Å². The summed E-state index contributed by atoms with van der Waals surface area (Å²) >= 11 is 0. The Morgan fingerprint density at radius 3 is 1.40 bits per heavy atom. The van der Waals surface area contributed by atoms with E-state index < -0.39 is 5.97 Å². The molecule has 0 aliphatic carbocycles. The highest BCUT2D eigenvalue weighted by molar-refractivity contribution is 5.91. The van der Waals surface area contributed by atoms with Crippen molar-refractivity contribution < 1.29 is 23.8 Å². The summed E-state index contributed by atoms with van der Waals surface area (Å²) in [7, 11) is 0. The van der Waals surface area contributed by atoms with E-state index in [2.05, 4.69) is 25.7 Å². The standard InChI is InChI=1S/C42H54O5/c1-3-5-7-9-11-12-13-14-16-17-33-45-39-31-27-38(28-32-39)42(44)47-40-29-23-36(24-30-40)20-19-35-21-25-37(26-22-35)41(43)46-34-18-15-10-8-6-4-2/h21-32H,3-18,33-34H2,1-2H3. The molecule has 0 aliphatic heterocycles. The van der Waals surface area contributed by atoms with Crippen LogP contribution in [0.1, 0.15) is 148 Å². The Kier molecular flexibility index (Phi) is 18.6. The molecule has 252 valence electrons. The van der Waals surface area contributed by atoms with Gasteiger partial charge in [-0.2, -0.15) is 0 Å². The van der Waals surface area contributed by atoms with Gasteiger partial charge in [0.1, 0.15) is 11.5 Å². The topological polar surface area (TPSA) is 61.8 Å². The molecular weight excluding hydrogens is 584 g/mol. The maximum atomic E-state index is 12.7. The molecule has 3 aromatic rings. The van der Waals surface area contributed by atoms with Gasteiger partial charge in [-0.3, -0.25) is 0 Å². The van der Waals surface area contributed by atoms with Crippen LogP contribution in [0.5, 0.6) is 11.5 Å². The summed E-state index contributed by atoms with van der Waals surface area (Å²) in [6, 6.07) is 21.3. The first-order valence-corrected chi connectivity index (χ1v) is 17.9. The van der Waals surface area contributed by atoms with Crippen LogP contribution in [0.25, 0.3) is 0 Å². The summed E-state index contributed by atoms with van der Waals surface area (Å²) < 4.78 is 16.8. The molecule has 0 heterocycles. The Bertz CT molecular complexity index is 1350. The van der Waals surface area contributed by atoms with Gasteiger partial charge in [0.25, 0.3) is 0 Å². The number of benzene rings is 3. The molecule has 0 aromatic heterocycles. The first-order valence-electron chi connectivity index (χ1n) is 17.9. The van der Waals surface area contributed by atoms with Crippen molar-refractivity contribution in [3.05, 3.63) is 95.1 Å². The van der Waals surface area contributed by atoms with Crippen molar-refractivity contribution in [1.82, 2.24) is 0 Å². The number of unbranched alkanes of at least 4 members (excludes halogenated alkanes) is 14. The van der Waals surface area contributed by atoms with E-state index in [0.29, 0.717) is 30.1 Å².